The number of carbonyl (C=O) groups is 2. The van der Waals surface area contributed by atoms with Gasteiger partial charge in [-0.25, -0.2) is 4.39 Å². The maximum absolute atomic E-state index is 13.4. The largest absolute Gasteiger partial charge is 0.481 e. The van der Waals surface area contributed by atoms with Crippen LogP contribution in [0.2, 0.25) is 0 Å². The fourth-order valence-corrected chi connectivity index (χ4v) is 2.76. The second-order valence-electron chi connectivity index (χ2n) is 6.06. The average Bonchev–Trinajstić information content (AvgIpc) is 2.46. The molecule has 5 heteroatoms. The predicted octanol–water partition coefficient (Wildman–Crippen LogP) is 2.43. The molecule has 1 aliphatic heterocycles. The fraction of sp³-hybridized carbons (Fsp3) is 0.500. The predicted molar refractivity (Wildman–Crippen MR) is 76.4 cm³/mol. The molecule has 0 spiro atoms. The van der Waals surface area contributed by atoms with Crippen molar-refractivity contribution in [3.63, 3.8) is 0 Å². The van der Waals surface area contributed by atoms with Crippen LogP contribution >= 0.6 is 0 Å². The van der Waals surface area contributed by atoms with Gasteiger partial charge in [-0.3, -0.25) is 9.59 Å². The lowest BCUT2D eigenvalue weighted by atomic mass is 9.82. The monoisotopic (exact) mass is 293 g/mol. The van der Waals surface area contributed by atoms with Gasteiger partial charge in [0.15, 0.2) is 0 Å². The second-order valence-corrected chi connectivity index (χ2v) is 6.06. The molecule has 0 saturated carbocycles. The van der Waals surface area contributed by atoms with Crippen molar-refractivity contribution in [2.75, 3.05) is 13.1 Å². The Morgan fingerprint density at radius 2 is 2.10 bits per heavy atom. The molecular weight excluding hydrogens is 273 g/mol. The lowest BCUT2D eigenvalue weighted by Gasteiger charge is -2.36. The third-order valence-corrected chi connectivity index (χ3v) is 4.14. The number of piperidine rings is 1. The molecule has 0 unspecified atom stereocenters. The molecular formula is C16H20FNO3. The van der Waals surface area contributed by atoms with Crippen LogP contribution in [0.4, 0.5) is 4.39 Å². The van der Waals surface area contributed by atoms with Gasteiger partial charge in [-0.1, -0.05) is 12.1 Å². The van der Waals surface area contributed by atoms with Gasteiger partial charge in [-0.05, 0) is 44.4 Å². The zero-order valence-corrected chi connectivity index (χ0v) is 12.3. The van der Waals surface area contributed by atoms with E-state index in [9.17, 15) is 14.0 Å². The standard InChI is InChI=1S/C16H20FNO3/c1-16(2,12-6-3-7-13(17)9-12)15(21)18-8-4-5-11(10-18)14(19)20/h3,6-7,9,11H,4-5,8,10H2,1-2H3,(H,19,20)/t11-/m1/s1. The van der Waals surface area contributed by atoms with Crippen LogP contribution in [-0.4, -0.2) is 35.0 Å². The number of amides is 1. The minimum Gasteiger partial charge on any atom is -0.481 e. The molecule has 114 valence electrons. The topological polar surface area (TPSA) is 57.6 Å². The third-order valence-electron chi connectivity index (χ3n) is 4.14. The van der Waals surface area contributed by atoms with Crippen molar-refractivity contribution >= 4 is 11.9 Å². The normalized spacial score (nSPS) is 19.4. The van der Waals surface area contributed by atoms with Crippen molar-refractivity contribution < 1.29 is 19.1 Å². The Labute approximate surface area is 123 Å². The Hall–Kier alpha value is -1.91. The van der Waals surface area contributed by atoms with Crippen molar-refractivity contribution in [3.05, 3.63) is 35.6 Å². The van der Waals surface area contributed by atoms with Gasteiger partial charge in [-0.15, -0.1) is 0 Å². The number of aliphatic carboxylic acids is 1. The molecule has 1 aromatic carbocycles. The van der Waals surface area contributed by atoms with Crippen LogP contribution in [0, 0.1) is 11.7 Å². The van der Waals surface area contributed by atoms with Crippen molar-refractivity contribution in [2.24, 2.45) is 5.92 Å². The summed E-state index contributed by atoms with van der Waals surface area (Å²) >= 11 is 0. The van der Waals surface area contributed by atoms with Crippen LogP contribution < -0.4 is 0 Å². The Balaban J connectivity index is 2.19. The highest BCUT2D eigenvalue weighted by Crippen LogP contribution is 2.28. The van der Waals surface area contributed by atoms with E-state index in [0.29, 0.717) is 24.9 Å². The van der Waals surface area contributed by atoms with E-state index in [1.807, 2.05) is 0 Å². The zero-order valence-electron chi connectivity index (χ0n) is 12.3. The number of rotatable bonds is 3. The van der Waals surface area contributed by atoms with E-state index in [0.717, 1.165) is 0 Å². The molecule has 21 heavy (non-hydrogen) atoms. The molecule has 1 saturated heterocycles. The average molecular weight is 293 g/mol. The third kappa shape index (κ3) is 3.23. The zero-order chi connectivity index (χ0) is 15.6. The van der Waals surface area contributed by atoms with E-state index in [4.69, 9.17) is 5.11 Å². The molecule has 0 aliphatic carbocycles. The summed E-state index contributed by atoms with van der Waals surface area (Å²) in [6.07, 6.45) is 1.28. The van der Waals surface area contributed by atoms with E-state index in [2.05, 4.69) is 0 Å². The van der Waals surface area contributed by atoms with E-state index >= 15 is 0 Å². The summed E-state index contributed by atoms with van der Waals surface area (Å²) in [5.41, 5.74) is -0.271. The van der Waals surface area contributed by atoms with E-state index in [1.165, 1.54) is 12.1 Å². The van der Waals surface area contributed by atoms with Crippen molar-refractivity contribution in [1.82, 2.24) is 4.90 Å². The van der Waals surface area contributed by atoms with Gasteiger partial charge in [0.05, 0.1) is 11.3 Å². The van der Waals surface area contributed by atoms with Crippen LogP contribution in [0.1, 0.15) is 32.3 Å². The van der Waals surface area contributed by atoms with Crippen molar-refractivity contribution in [2.45, 2.75) is 32.1 Å². The molecule has 1 aromatic rings. The number of benzene rings is 1. The molecule has 1 heterocycles. The van der Waals surface area contributed by atoms with Crippen LogP contribution in [0.25, 0.3) is 0 Å². The summed E-state index contributed by atoms with van der Waals surface area (Å²) in [6, 6.07) is 6.00. The highest BCUT2D eigenvalue weighted by Gasteiger charge is 2.37. The number of carboxylic acids is 1. The van der Waals surface area contributed by atoms with Gasteiger partial charge in [0.1, 0.15) is 5.82 Å². The summed E-state index contributed by atoms with van der Waals surface area (Å²) in [5, 5.41) is 9.11. The molecule has 0 bridgehead atoms. The van der Waals surface area contributed by atoms with Gasteiger partial charge in [0.25, 0.3) is 0 Å². The number of hydrogen-bond acceptors (Lipinski definition) is 2. The van der Waals surface area contributed by atoms with Gasteiger partial charge in [0, 0.05) is 13.1 Å². The van der Waals surface area contributed by atoms with Crippen LogP contribution in [-0.2, 0) is 15.0 Å². The minimum atomic E-state index is -0.873. The molecule has 2 rings (SSSR count). The number of carboxylic acid groups (broad SMARTS) is 1. The highest BCUT2D eigenvalue weighted by atomic mass is 19.1. The fourth-order valence-electron chi connectivity index (χ4n) is 2.76. The van der Waals surface area contributed by atoms with E-state index in [-0.39, 0.29) is 18.3 Å². The van der Waals surface area contributed by atoms with Crippen LogP contribution in [0.3, 0.4) is 0 Å². The number of likely N-dealkylation sites (tertiary alicyclic amines) is 1. The van der Waals surface area contributed by atoms with Gasteiger partial charge in [0.2, 0.25) is 5.91 Å². The lowest BCUT2D eigenvalue weighted by molar-refractivity contribution is -0.147. The first kappa shape index (κ1) is 15.5. The maximum atomic E-state index is 13.4. The summed E-state index contributed by atoms with van der Waals surface area (Å²) in [4.78, 5) is 25.4. The van der Waals surface area contributed by atoms with E-state index in [1.54, 1.807) is 30.9 Å². The van der Waals surface area contributed by atoms with Crippen LogP contribution in [0.15, 0.2) is 24.3 Å². The maximum Gasteiger partial charge on any atom is 0.308 e. The summed E-state index contributed by atoms with van der Waals surface area (Å²) in [5.74, 6) is -1.91. The first-order valence-electron chi connectivity index (χ1n) is 7.10. The molecule has 1 amide bonds. The van der Waals surface area contributed by atoms with E-state index < -0.39 is 17.3 Å². The number of hydrogen-bond donors (Lipinski definition) is 1. The first-order chi connectivity index (χ1) is 9.82. The van der Waals surface area contributed by atoms with Gasteiger partial charge < -0.3 is 10.0 Å². The lowest BCUT2D eigenvalue weighted by Crippen LogP contribution is -2.49. The Morgan fingerprint density at radius 3 is 2.71 bits per heavy atom. The van der Waals surface area contributed by atoms with Crippen molar-refractivity contribution in [3.8, 4) is 0 Å². The molecule has 0 aromatic heterocycles. The Kier molecular flexibility index (Phi) is 4.30. The summed E-state index contributed by atoms with van der Waals surface area (Å²) < 4.78 is 13.4. The number of nitrogens with zero attached hydrogens (tertiary/aromatic N) is 1. The second kappa shape index (κ2) is 5.84. The van der Waals surface area contributed by atoms with Crippen molar-refractivity contribution in [1.29, 1.82) is 0 Å². The Morgan fingerprint density at radius 1 is 1.38 bits per heavy atom. The molecule has 1 aliphatic rings. The molecule has 0 radical (unpaired) electrons. The van der Waals surface area contributed by atoms with Crippen LogP contribution in [0.5, 0.6) is 0 Å². The number of halogens is 1. The number of carbonyl (C=O) groups excluding carboxylic acids is 1. The van der Waals surface area contributed by atoms with Gasteiger partial charge in [-0.2, -0.15) is 0 Å². The van der Waals surface area contributed by atoms with Gasteiger partial charge >= 0.3 is 5.97 Å². The molecule has 1 atom stereocenters. The molecule has 1 N–H and O–H groups in total. The summed E-state index contributed by atoms with van der Waals surface area (Å²) in [6.45, 7) is 4.28. The SMILES string of the molecule is CC(C)(C(=O)N1CCC[C@@H](C(=O)O)C1)c1cccc(F)c1. The smallest absolute Gasteiger partial charge is 0.308 e. The molecule has 4 nitrogen and oxygen atoms in total. The minimum absolute atomic E-state index is 0.154. The summed E-state index contributed by atoms with van der Waals surface area (Å²) in [7, 11) is 0. The quantitative estimate of drug-likeness (QED) is 0.931. The highest BCUT2D eigenvalue weighted by molar-refractivity contribution is 5.88. The first-order valence-corrected chi connectivity index (χ1v) is 7.10. The Bertz CT molecular complexity index is 556. The molecule has 1 fully saturated rings.